The van der Waals surface area contributed by atoms with Crippen LogP contribution in [0.2, 0.25) is 5.02 Å². The Morgan fingerprint density at radius 2 is 1.91 bits per heavy atom. The monoisotopic (exact) mass is 331 g/mol. The van der Waals surface area contributed by atoms with Crippen LogP contribution in [0.25, 0.3) is 11.0 Å². The molecule has 0 atom stereocenters. The predicted octanol–water partition coefficient (Wildman–Crippen LogP) is 3.77. The van der Waals surface area contributed by atoms with Crippen LogP contribution in [0.4, 0.5) is 22.1 Å². The molecule has 116 valence electrons. The molecule has 23 heavy (non-hydrogen) atoms. The van der Waals surface area contributed by atoms with Gasteiger partial charge in [0.25, 0.3) is 5.69 Å². The summed E-state index contributed by atoms with van der Waals surface area (Å²) in [5.74, 6) is 0.187. The number of non-ortho nitro benzene ring substituents is 1. The maximum absolute atomic E-state index is 11.9. The van der Waals surface area contributed by atoms with Crippen molar-refractivity contribution in [1.82, 2.24) is 9.97 Å². The number of aromatic amines is 1. The molecule has 9 heteroatoms. The average Bonchev–Trinajstić information content (AvgIpc) is 2.90. The van der Waals surface area contributed by atoms with Crippen molar-refractivity contribution in [1.29, 1.82) is 0 Å². The number of urea groups is 1. The number of nitrogens with one attached hydrogen (secondary N) is 3. The fraction of sp³-hybridized carbons (Fsp3) is 0. The predicted molar refractivity (Wildman–Crippen MR) is 86.8 cm³/mol. The Morgan fingerprint density at radius 3 is 2.61 bits per heavy atom. The third-order valence-corrected chi connectivity index (χ3v) is 3.26. The molecule has 0 aliphatic carbocycles. The largest absolute Gasteiger partial charge is 0.326 e. The van der Waals surface area contributed by atoms with Crippen LogP contribution < -0.4 is 10.6 Å². The summed E-state index contributed by atoms with van der Waals surface area (Å²) in [5, 5.41) is 16.4. The van der Waals surface area contributed by atoms with Crippen molar-refractivity contribution in [2.75, 3.05) is 10.6 Å². The summed E-state index contributed by atoms with van der Waals surface area (Å²) < 4.78 is 0. The van der Waals surface area contributed by atoms with Crippen molar-refractivity contribution in [3.05, 3.63) is 57.6 Å². The highest BCUT2D eigenvalue weighted by molar-refractivity contribution is 6.30. The number of rotatable bonds is 3. The lowest BCUT2D eigenvalue weighted by Gasteiger charge is -2.05. The second kappa shape index (κ2) is 5.93. The van der Waals surface area contributed by atoms with E-state index in [9.17, 15) is 14.9 Å². The molecule has 0 bridgehead atoms. The number of nitro benzene ring substituents is 1. The number of nitrogens with zero attached hydrogens (tertiary/aromatic N) is 2. The van der Waals surface area contributed by atoms with Gasteiger partial charge in [-0.05, 0) is 30.3 Å². The van der Waals surface area contributed by atoms with E-state index in [1.807, 2.05) is 0 Å². The van der Waals surface area contributed by atoms with Gasteiger partial charge in [-0.2, -0.15) is 0 Å². The van der Waals surface area contributed by atoms with Crippen LogP contribution in [0.15, 0.2) is 42.5 Å². The summed E-state index contributed by atoms with van der Waals surface area (Å²) in [4.78, 5) is 29.1. The molecule has 3 aromatic rings. The van der Waals surface area contributed by atoms with Crippen LogP contribution in [-0.2, 0) is 0 Å². The molecule has 0 aliphatic rings. The number of nitro groups is 1. The number of anilines is 2. The number of halogens is 1. The normalized spacial score (nSPS) is 10.5. The fourth-order valence-corrected chi connectivity index (χ4v) is 2.10. The molecule has 8 nitrogen and oxygen atoms in total. The van der Waals surface area contributed by atoms with Gasteiger partial charge in [-0.15, -0.1) is 0 Å². The number of benzene rings is 2. The van der Waals surface area contributed by atoms with Gasteiger partial charge in [0.15, 0.2) is 0 Å². The van der Waals surface area contributed by atoms with Gasteiger partial charge in [-0.25, -0.2) is 9.78 Å². The first-order chi connectivity index (χ1) is 11.0. The zero-order valence-electron chi connectivity index (χ0n) is 11.5. The van der Waals surface area contributed by atoms with E-state index < -0.39 is 11.0 Å². The Morgan fingerprint density at radius 1 is 1.17 bits per heavy atom. The van der Waals surface area contributed by atoms with E-state index in [1.54, 1.807) is 24.3 Å². The molecule has 2 aromatic carbocycles. The first-order valence-corrected chi connectivity index (χ1v) is 6.87. The topological polar surface area (TPSA) is 113 Å². The lowest BCUT2D eigenvalue weighted by atomic mass is 10.3. The third-order valence-electron chi connectivity index (χ3n) is 3.01. The van der Waals surface area contributed by atoms with Crippen molar-refractivity contribution >= 4 is 46.0 Å². The molecule has 0 fully saturated rings. The highest BCUT2D eigenvalue weighted by Crippen LogP contribution is 2.20. The van der Waals surface area contributed by atoms with Gasteiger partial charge < -0.3 is 10.3 Å². The third kappa shape index (κ3) is 3.38. The second-order valence-corrected chi connectivity index (χ2v) is 5.07. The fourth-order valence-electron chi connectivity index (χ4n) is 1.97. The molecule has 2 amide bonds. The molecule has 0 radical (unpaired) electrons. The second-order valence-electron chi connectivity index (χ2n) is 4.63. The van der Waals surface area contributed by atoms with E-state index >= 15 is 0 Å². The maximum atomic E-state index is 11.9. The number of imidazole rings is 1. The molecule has 0 saturated carbocycles. The quantitative estimate of drug-likeness (QED) is 0.500. The molecule has 0 saturated heterocycles. The number of carbonyl (C=O) groups excluding carboxylic acids is 1. The highest BCUT2D eigenvalue weighted by atomic mass is 35.5. The molecule has 1 heterocycles. The molecule has 0 spiro atoms. The van der Waals surface area contributed by atoms with Crippen molar-refractivity contribution in [2.24, 2.45) is 0 Å². The van der Waals surface area contributed by atoms with E-state index in [2.05, 4.69) is 20.6 Å². The van der Waals surface area contributed by atoms with Crippen LogP contribution in [0.3, 0.4) is 0 Å². The Balaban J connectivity index is 1.74. The first kappa shape index (κ1) is 14.8. The van der Waals surface area contributed by atoms with E-state index in [0.29, 0.717) is 21.7 Å². The van der Waals surface area contributed by atoms with E-state index in [1.165, 1.54) is 18.2 Å². The number of carbonyl (C=O) groups is 1. The molecular formula is C14H10ClN5O3. The maximum Gasteiger partial charge on any atom is 0.326 e. The lowest BCUT2D eigenvalue weighted by molar-refractivity contribution is -0.384. The Bertz CT molecular complexity index is 891. The average molecular weight is 332 g/mol. The van der Waals surface area contributed by atoms with Gasteiger partial charge >= 0.3 is 6.03 Å². The summed E-state index contributed by atoms with van der Waals surface area (Å²) in [6.07, 6.45) is 0. The minimum Gasteiger partial charge on any atom is -0.324 e. The number of fused-ring (bicyclic) bond motifs is 1. The van der Waals surface area contributed by atoms with Crippen LogP contribution in [0.1, 0.15) is 0 Å². The van der Waals surface area contributed by atoms with Gasteiger partial charge in [0.2, 0.25) is 5.95 Å². The minimum atomic E-state index is -0.499. The molecule has 3 rings (SSSR count). The SMILES string of the molecule is O=C(Nc1ccc(Cl)cc1)Nc1nc2ccc([N+](=O)[O-])cc2[nH]1. The summed E-state index contributed by atoms with van der Waals surface area (Å²) in [5.41, 5.74) is 1.48. The van der Waals surface area contributed by atoms with E-state index in [0.717, 1.165) is 0 Å². The molecular weight excluding hydrogens is 322 g/mol. The zero-order valence-corrected chi connectivity index (χ0v) is 12.3. The van der Waals surface area contributed by atoms with Crippen molar-refractivity contribution in [2.45, 2.75) is 0 Å². The zero-order chi connectivity index (χ0) is 16.4. The van der Waals surface area contributed by atoms with Gasteiger partial charge in [-0.1, -0.05) is 11.6 Å². The van der Waals surface area contributed by atoms with Gasteiger partial charge in [0.05, 0.1) is 16.0 Å². The van der Waals surface area contributed by atoms with Crippen molar-refractivity contribution < 1.29 is 9.72 Å². The smallest absolute Gasteiger partial charge is 0.324 e. The van der Waals surface area contributed by atoms with E-state index in [-0.39, 0.29) is 11.6 Å². The van der Waals surface area contributed by atoms with Crippen molar-refractivity contribution in [3.63, 3.8) is 0 Å². The van der Waals surface area contributed by atoms with Gasteiger partial charge in [-0.3, -0.25) is 15.4 Å². The van der Waals surface area contributed by atoms with E-state index in [4.69, 9.17) is 11.6 Å². The standard InChI is InChI=1S/C14H10ClN5O3/c15-8-1-3-9(4-2-8)16-14(21)19-13-17-11-6-5-10(20(22)23)7-12(11)18-13/h1-7H,(H3,16,17,18,19,21). The summed E-state index contributed by atoms with van der Waals surface area (Å²) >= 11 is 5.77. The van der Waals surface area contributed by atoms with Gasteiger partial charge in [0.1, 0.15) is 0 Å². The number of amides is 2. The first-order valence-electron chi connectivity index (χ1n) is 6.49. The van der Waals surface area contributed by atoms with Crippen LogP contribution in [0.5, 0.6) is 0 Å². The summed E-state index contributed by atoms with van der Waals surface area (Å²) in [7, 11) is 0. The molecule has 3 N–H and O–H groups in total. The molecule has 0 unspecified atom stereocenters. The summed E-state index contributed by atoms with van der Waals surface area (Å²) in [6, 6.07) is 10.3. The van der Waals surface area contributed by atoms with Crippen LogP contribution in [0, 0.1) is 10.1 Å². The Hall–Kier alpha value is -3.13. The summed E-state index contributed by atoms with van der Waals surface area (Å²) in [6.45, 7) is 0. The van der Waals surface area contributed by atoms with Crippen molar-refractivity contribution in [3.8, 4) is 0 Å². The van der Waals surface area contributed by atoms with Crippen LogP contribution >= 0.6 is 11.6 Å². The Labute approximate surface area is 134 Å². The minimum absolute atomic E-state index is 0.0571. The lowest BCUT2D eigenvalue weighted by Crippen LogP contribution is -2.20. The number of hydrogen-bond acceptors (Lipinski definition) is 4. The molecule has 0 aliphatic heterocycles. The number of aromatic nitrogens is 2. The number of hydrogen-bond donors (Lipinski definition) is 3. The van der Waals surface area contributed by atoms with Gasteiger partial charge in [0, 0.05) is 22.8 Å². The van der Waals surface area contributed by atoms with Crippen LogP contribution in [-0.4, -0.2) is 20.9 Å². The molecule has 1 aromatic heterocycles. The number of H-pyrrole nitrogens is 1. The Kier molecular flexibility index (Phi) is 3.82. The highest BCUT2D eigenvalue weighted by Gasteiger charge is 2.11.